The van der Waals surface area contributed by atoms with Gasteiger partial charge in [0.25, 0.3) is 0 Å². The van der Waals surface area contributed by atoms with Crippen molar-refractivity contribution in [2.45, 2.75) is 25.3 Å². The lowest BCUT2D eigenvalue weighted by Crippen LogP contribution is -2.48. The molecule has 0 radical (unpaired) electrons. The molecule has 0 atom stereocenters. The Balaban J connectivity index is 1.67. The Morgan fingerprint density at radius 3 is 2.41 bits per heavy atom. The van der Waals surface area contributed by atoms with E-state index >= 15 is 0 Å². The SMILES string of the molecule is Cc1ccc(C)c(S(=O)(=O)N2CCN(Cc3cccc(C(=O)O)c3)CC2)c1. The maximum Gasteiger partial charge on any atom is 0.335 e. The zero-order valence-corrected chi connectivity index (χ0v) is 16.4. The van der Waals surface area contributed by atoms with Crippen molar-refractivity contribution >= 4 is 16.0 Å². The second kappa shape index (κ2) is 7.80. The summed E-state index contributed by atoms with van der Waals surface area (Å²) in [5, 5.41) is 9.10. The van der Waals surface area contributed by atoms with Gasteiger partial charge in [-0.25, -0.2) is 13.2 Å². The normalized spacial score (nSPS) is 16.4. The number of aromatic carboxylic acids is 1. The molecule has 27 heavy (non-hydrogen) atoms. The van der Waals surface area contributed by atoms with Gasteiger partial charge >= 0.3 is 5.97 Å². The lowest BCUT2D eigenvalue weighted by atomic mass is 10.1. The lowest BCUT2D eigenvalue weighted by molar-refractivity contribution is 0.0696. The number of benzene rings is 2. The van der Waals surface area contributed by atoms with Crippen molar-refractivity contribution < 1.29 is 18.3 Å². The highest BCUT2D eigenvalue weighted by molar-refractivity contribution is 7.89. The third kappa shape index (κ3) is 4.37. The molecule has 0 aliphatic carbocycles. The Morgan fingerprint density at radius 2 is 1.74 bits per heavy atom. The molecule has 2 aromatic rings. The molecule has 0 aromatic heterocycles. The summed E-state index contributed by atoms with van der Waals surface area (Å²) in [5.74, 6) is -0.943. The Kier molecular flexibility index (Phi) is 5.64. The molecule has 1 saturated heterocycles. The standard InChI is InChI=1S/C20H24N2O4S/c1-15-6-7-16(2)19(12-15)27(25,26)22-10-8-21(9-11-22)14-17-4-3-5-18(13-17)20(23)24/h3-7,12-13H,8-11,14H2,1-2H3,(H,23,24). The maximum atomic E-state index is 13.0. The number of aryl methyl sites for hydroxylation is 2. The molecular weight excluding hydrogens is 364 g/mol. The van der Waals surface area contributed by atoms with Crippen LogP contribution in [0.5, 0.6) is 0 Å². The fourth-order valence-electron chi connectivity index (χ4n) is 3.31. The van der Waals surface area contributed by atoms with Gasteiger partial charge in [-0.15, -0.1) is 0 Å². The first-order valence-electron chi connectivity index (χ1n) is 8.89. The van der Waals surface area contributed by atoms with Crippen LogP contribution in [-0.2, 0) is 16.6 Å². The van der Waals surface area contributed by atoms with Crippen molar-refractivity contribution in [3.8, 4) is 0 Å². The maximum absolute atomic E-state index is 13.0. The van der Waals surface area contributed by atoms with Gasteiger partial charge in [-0.1, -0.05) is 24.3 Å². The van der Waals surface area contributed by atoms with Crippen LogP contribution in [0.15, 0.2) is 47.4 Å². The molecule has 0 amide bonds. The van der Waals surface area contributed by atoms with Gasteiger partial charge in [-0.3, -0.25) is 4.90 Å². The highest BCUT2D eigenvalue weighted by Gasteiger charge is 2.29. The minimum absolute atomic E-state index is 0.267. The van der Waals surface area contributed by atoms with E-state index in [4.69, 9.17) is 5.11 Å². The summed E-state index contributed by atoms with van der Waals surface area (Å²) < 4.78 is 27.5. The number of carboxylic acids is 1. The molecule has 7 heteroatoms. The van der Waals surface area contributed by atoms with Crippen LogP contribution in [0.4, 0.5) is 0 Å². The predicted octanol–water partition coefficient (Wildman–Crippen LogP) is 2.51. The van der Waals surface area contributed by atoms with Gasteiger partial charge < -0.3 is 5.11 Å². The van der Waals surface area contributed by atoms with Gasteiger partial charge in [0.15, 0.2) is 0 Å². The van der Waals surface area contributed by atoms with Crippen molar-refractivity contribution in [2.75, 3.05) is 26.2 Å². The minimum Gasteiger partial charge on any atom is -0.478 e. The predicted molar refractivity (Wildman–Crippen MR) is 103 cm³/mol. The lowest BCUT2D eigenvalue weighted by Gasteiger charge is -2.34. The van der Waals surface area contributed by atoms with Crippen molar-refractivity contribution in [1.82, 2.24) is 9.21 Å². The molecule has 1 aliphatic rings. The summed E-state index contributed by atoms with van der Waals surface area (Å²) in [6.07, 6.45) is 0. The number of hydrogen-bond acceptors (Lipinski definition) is 4. The topological polar surface area (TPSA) is 77.9 Å². The first kappa shape index (κ1) is 19.5. The molecule has 0 saturated carbocycles. The van der Waals surface area contributed by atoms with E-state index in [0.717, 1.165) is 16.7 Å². The second-order valence-corrected chi connectivity index (χ2v) is 8.86. The quantitative estimate of drug-likeness (QED) is 0.852. The number of piperazine rings is 1. The highest BCUT2D eigenvalue weighted by Crippen LogP contribution is 2.23. The van der Waals surface area contributed by atoms with E-state index in [1.165, 1.54) is 0 Å². The summed E-state index contributed by atoms with van der Waals surface area (Å²) in [7, 11) is -3.50. The average molecular weight is 388 g/mol. The third-order valence-corrected chi connectivity index (χ3v) is 6.91. The van der Waals surface area contributed by atoms with Crippen molar-refractivity contribution in [2.24, 2.45) is 0 Å². The van der Waals surface area contributed by atoms with Gasteiger partial charge in [-0.2, -0.15) is 4.31 Å². The fraction of sp³-hybridized carbons (Fsp3) is 0.350. The first-order chi connectivity index (χ1) is 12.8. The van der Waals surface area contributed by atoms with Crippen molar-refractivity contribution in [3.63, 3.8) is 0 Å². The second-order valence-electron chi connectivity index (χ2n) is 6.95. The van der Waals surface area contributed by atoms with E-state index in [0.29, 0.717) is 37.6 Å². The monoisotopic (exact) mass is 388 g/mol. The molecule has 1 heterocycles. The van der Waals surface area contributed by atoms with E-state index in [1.807, 2.05) is 32.0 Å². The highest BCUT2D eigenvalue weighted by atomic mass is 32.2. The van der Waals surface area contributed by atoms with E-state index < -0.39 is 16.0 Å². The van der Waals surface area contributed by atoms with Gasteiger partial charge in [0.2, 0.25) is 10.0 Å². The molecule has 3 rings (SSSR count). The largest absolute Gasteiger partial charge is 0.478 e. The van der Waals surface area contributed by atoms with Gasteiger partial charge in [0.05, 0.1) is 10.5 Å². The molecule has 2 aromatic carbocycles. The number of hydrogen-bond donors (Lipinski definition) is 1. The van der Waals surface area contributed by atoms with Crippen LogP contribution in [0.1, 0.15) is 27.0 Å². The van der Waals surface area contributed by atoms with Crippen molar-refractivity contribution in [3.05, 3.63) is 64.7 Å². The molecule has 0 bridgehead atoms. The smallest absolute Gasteiger partial charge is 0.335 e. The van der Waals surface area contributed by atoms with Gasteiger partial charge in [-0.05, 0) is 48.7 Å². The summed E-state index contributed by atoms with van der Waals surface area (Å²) in [4.78, 5) is 13.6. The molecule has 1 fully saturated rings. The van der Waals surface area contributed by atoms with Crippen LogP contribution in [0.25, 0.3) is 0 Å². The van der Waals surface area contributed by atoms with Gasteiger partial charge in [0.1, 0.15) is 0 Å². The third-order valence-electron chi connectivity index (χ3n) is 4.87. The van der Waals surface area contributed by atoms with Crippen LogP contribution < -0.4 is 0 Å². The average Bonchev–Trinajstić information content (AvgIpc) is 2.64. The zero-order valence-electron chi connectivity index (χ0n) is 15.6. The summed E-state index contributed by atoms with van der Waals surface area (Å²) in [6.45, 7) is 6.39. The van der Waals surface area contributed by atoms with Crippen LogP contribution in [-0.4, -0.2) is 54.9 Å². The van der Waals surface area contributed by atoms with E-state index in [-0.39, 0.29) is 5.56 Å². The number of carboxylic acid groups (broad SMARTS) is 1. The van der Waals surface area contributed by atoms with E-state index in [9.17, 15) is 13.2 Å². The Labute approximate surface area is 160 Å². The summed E-state index contributed by atoms with van der Waals surface area (Å²) in [5.41, 5.74) is 2.87. The molecule has 1 N–H and O–H groups in total. The van der Waals surface area contributed by atoms with Crippen molar-refractivity contribution in [1.29, 1.82) is 0 Å². The molecule has 1 aliphatic heterocycles. The van der Waals surface area contributed by atoms with E-state index in [2.05, 4.69) is 4.90 Å². The number of nitrogens with zero attached hydrogens (tertiary/aromatic N) is 2. The number of carbonyl (C=O) groups is 1. The Hall–Kier alpha value is -2.22. The molecule has 0 unspecified atom stereocenters. The number of rotatable bonds is 5. The Morgan fingerprint density at radius 1 is 1.04 bits per heavy atom. The molecule has 0 spiro atoms. The van der Waals surface area contributed by atoms with E-state index in [1.54, 1.807) is 28.6 Å². The van der Waals surface area contributed by atoms with Crippen LogP contribution in [0, 0.1) is 13.8 Å². The van der Waals surface area contributed by atoms with Crippen LogP contribution in [0.3, 0.4) is 0 Å². The molecule has 144 valence electrons. The van der Waals surface area contributed by atoms with Crippen LogP contribution in [0.2, 0.25) is 0 Å². The molecule has 6 nitrogen and oxygen atoms in total. The summed E-state index contributed by atoms with van der Waals surface area (Å²) in [6, 6.07) is 12.4. The Bertz CT molecular complexity index is 948. The van der Waals surface area contributed by atoms with Crippen LogP contribution >= 0.6 is 0 Å². The minimum atomic E-state index is -3.50. The summed E-state index contributed by atoms with van der Waals surface area (Å²) >= 11 is 0. The zero-order chi connectivity index (χ0) is 19.6. The first-order valence-corrected chi connectivity index (χ1v) is 10.3. The fourth-order valence-corrected chi connectivity index (χ4v) is 5.05. The number of sulfonamides is 1. The van der Waals surface area contributed by atoms with Gasteiger partial charge in [0, 0.05) is 32.7 Å². The molecular formula is C20H24N2O4S.